The molecule has 0 saturated carbocycles. The Balaban J connectivity index is 3.32. The van der Waals surface area contributed by atoms with E-state index in [4.69, 9.17) is 5.26 Å². The smallest absolute Gasteiger partial charge is 0.404 e. The molecule has 0 fully saturated rings. The highest BCUT2D eigenvalue weighted by Crippen LogP contribution is 2.31. The fourth-order valence-corrected chi connectivity index (χ4v) is 1.15. The number of nitrogens with zero attached hydrogens (tertiary/aromatic N) is 1. The zero-order chi connectivity index (χ0) is 13.9. The van der Waals surface area contributed by atoms with Crippen molar-refractivity contribution < 1.29 is 26.7 Å². The summed E-state index contributed by atoms with van der Waals surface area (Å²) in [6.45, 7) is 0. The molecule has 0 unspecified atom stereocenters. The van der Waals surface area contributed by atoms with Crippen LogP contribution in [0.2, 0.25) is 0 Å². The molecule has 0 aliphatic rings. The molecule has 0 radical (unpaired) electrons. The molecule has 0 bridgehead atoms. The molecule has 0 atom stereocenters. The second-order valence-corrected chi connectivity index (χ2v) is 3.09. The molecule has 1 heterocycles. The average Bonchev–Trinajstić information content (AvgIpc) is 2.20. The molecular weight excluding hydrogens is 263 g/mol. The Labute approximate surface area is 96.6 Å². The summed E-state index contributed by atoms with van der Waals surface area (Å²) < 4.78 is 64.1. The fraction of sp³-hybridized carbons (Fsp3) is 0.333. The predicted molar refractivity (Wildman–Crippen MR) is 48.0 cm³/mol. The van der Waals surface area contributed by atoms with Crippen molar-refractivity contribution in [1.82, 2.24) is 4.98 Å². The van der Waals surface area contributed by atoms with E-state index >= 15 is 0 Å². The van der Waals surface area contributed by atoms with Crippen LogP contribution < -0.4 is 10.3 Å². The van der Waals surface area contributed by atoms with Crippen molar-refractivity contribution in [2.24, 2.45) is 0 Å². The number of alkyl halides is 5. The van der Waals surface area contributed by atoms with Crippen LogP contribution in [0.3, 0.4) is 0 Å². The molecule has 1 aromatic rings. The Morgan fingerprint density at radius 1 is 1.44 bits per heavy atom. The topological polar surface area (TPSA) is 65.9 Å². The molecule has 0 aromatic carbocycles. The Morgan fingerprint density at radius 2 is 2.06 bits per heavy atom. The second-order valence-electron chi connectivity index (χ2n) is 3.09. The van der Waals surface area contributed by atoms with Gasteiger partial charge in [0.2, 0.25) is 0 Å². The monoisotopic (exact) mass is 268 g/mol. The number of halogens is 5. The lowest BCUT2D eigenvalue weighted by molar-refractivity contribution is -0.275. The van der Waals surface area contributed by atoms with E-state index in [1.165, 1.54) is 6.07 Å². The molecule has 0 aliphatic carbocycles. The summed E-state index contributed by atoms with van der Waals surface area (Å²) in [6, 6.07) is 2.00. The maximum absolute atomic E-state index is 12.4. The number of H-pyrrole nitrogens is 1. The largest absolute Gasteiger partial charge is 0.573 e. The van der Waals surface area contributed by atoms with Crippen LogP contribution in [0.1, 0.15) is 17.7 Å². The molecular formula is C9H5F5N2O2. The van der Waals surface area contributed by atoms with Crippen LogP contribution in [-0.4, -0.2) is 11.3 Å². The summed E-state index contributed by atoms with van der Waals surface area (Å²) in [5.41, 5.74) is -2.72. The van der Waals surface area contributed by atoms with Gasteiger partial charge in [-0.05, 0) is 6.07 Å². The normalized spacial score (nSPS) is 11.4. The van der Waals surface area contributed by atoms with Gasteiger partial charge < -0.3 is 9.72 Å². The highest BCUT2D eigenvalue weighted by atomic mass is 19.4. The zero-order valence-electron chi connectivity index (χ0n) is 8.52. The minimum Gasteiger partial charge on any atom is -0.404 e. The third-order valence-corrected chi connectivity index (χ3v) is 1.82. The van der Waals surface area contributed by atoms with Gasteiger partial charge in [0.25, 0.3) is 12.0 Å². The van der Waals surface area contributed by atoms with Gasteiger partial charge in [0.1, 0.15) is 5.69 Å². The minimum atomic E-state index is -5.17. The Hall–Kier alpha value is -2.11. The van der Waals surface area contributed by atoms with Gasteiger partial charge in [-0.2, -0.15) is 5.26 Å². The molecule has 1 aromatic heterocycles. The zero-order valence-corrected chi connectivity index (χ0v) is 8.52. The number of aromatic amines is 1. The first-order valence-electron chi connectivity index (χ1n) is 4.41. The van der Waals surface area contributed by atoms with Crippen molar-refractivity contribution in [3.05, 3.63) is 27.7 Å². The summed E-state index contributed by atoms with van der Waals surface area (Å²) in [4.78, 5) is 12.7. The van der Waals surface area contributed by atoms with E-state index in [0.29, 0.717) is 6.07 Å². The van der Waals surface area contributed by atoms with E-state index in [1.807, 2.05) is 0 Å². The fourth-order valence-electron chi connectivity index (χ4n) is 1.15. The van der Waals surface area contributed by atoms with Gasteiger partial charge in [-0.25, -0.2) is 8.78 Å². The van der Waals surface area contributed by atoms with Gasteiger partial charge in [-0.15, -0.1) is 13.2 Å². The van der Waals surface area contributed by atoms with Gasteiger partial charge in [-0.1, -0.05) is 0 Å². The molecule has 9 heteroatoms. The molecule has 0 aliphatic heterocycles. The van der Waals surface area contributed by atoms with Crippen LogP contribution in [0.5, 0.6) is 5.75 Å². The highest BCUT2D eigenvalue weighted by molar-refractivity contribution is 5.33. The SMILES string of the molecule is N#CCc1cc(OC(F)(F)F)c(C(F)F)[nH]c1=O. The Morgan fingerprint density at radius 3 is 2.50 bits per heavy atom. The summed E-state index contributed by atoms with van der Waals surface area (Å²) in [5, 5.41) is 8.33. The average molecular weight is 268 g/mol. The van der Waals surface area contributed by atoms with Crippen LogP contribution in [0.25, 0.3) is 0 Å². The van der Waals surface area contributed by atoms with Gasteiger partial charge in [-0.3, -0.25) is 4.79 Å². The van der Waals surface area contributed by atoms with E-state index in [1.54, 1.807) is 4.98 Å². The highest BCUT2D eigenvalue weighted by Gasteiger charge is 2.34. The van der Waals surface area contributed by atoms with E-state index in [0.717, 1.165) is 0 Å². The molecule has 0 amide bonds. The lowest BCUT2D eigenvalue weighted by Gasteiger charge is -2.13. The van der Waals surface area contributed by atoms with Crippen molar-refractivity contribution in [1.29, 1.82) is 5.26 Å². The molecule has 18 heavy (non-hydrogen) atoms. The van der Waals surface area contributed by atoms with E-state index in [-0.39, 0.29) is 5.56 Å². The maximum atomic E-state index is 12.4. The van der Waals surface area contributed by atoms with Crippen molar-refractivity contribution in [3.63, 3.8) is 0 Å². The van der Waals surface area contributed by atoms with Gasteiger partial charge in [0, 0.05) is 5.56 Å². The number of hydrogen-bond acceptors (Lipinski definition) is 3. The standard InChI is InChI=1S/C9H5F5N2O2/c10-7(11)6-5(18-9(12,13)14)3-4(1-2-15)8(17)16-6/h3,7H,1H2,(H,16,17). The molecule has 0 saturated heterocycles. The first-order valence-corrected chi connectivity index (χ1v) is 4.41. The number of nitrogens with one attached hydrogen (secondary N) is 1. The molecule has 98 valence electrons. The molecule has 1 rings (SSSR count). The van der Waals surface area contributed by atoms with Crippen LogP contribution in [0, 0.1) is 11.3 Å². The van der Waals surface area contributed by atoms with Crippen LogP contribution in [-0.2, 0) is 6.42 Å². The number of pyridine rings is 1. The summed E-state index contributed by atoms with van der Waals surface area (Å²) in [7, 11) is 0. The minimum absolute atomic E-state index is 0.388. The number of hydrogen-bond donors (Lipinski definition) is 1. The van der Waals surface area contributed by atoms with Gasteiger partial charge in [0.15, 0.2) is 5.75 Å². The lowest BCUT2D eigenvalue weighted by Crippen LogP contribution is -2.22. The van der Waals surface area contributed by atoms with E-state index < -0.39 is 36.2 Å². The first kappa shape index (κ1) is 14.0. The molecule has 0 spiro atoms. The van der Waals surface area contributed by atoms with Crippen molar-refractivity contribution in [3.8, 4) is 11.8 Å². The number of nitriles is 1. The third-order valence-electron chi connectivity index (χ3n) is 1.82. The number of rotatable bonds is 3. The van der Waals surface area contributed by atoms with Crippen LogP contribution in [0.15, 0.2) is 10.9 Å². The van der Waals surface area contributed by atoms with E-state index in [9.17, 15) is 26.7 Å². The van der Waals surface area contributed by atoms with Crippen molar-refractivity contribution in [2.45, 2.75) is 19.2 Å². The van der Waals surface area contributed by atoms with Crippen LogP contribution >= 0.6 is 0 Å². The van der Waals surface area contributed by atoms with Gasteiger partial charge in [0.05, 0.1) is 12.5 Å². The Kier molecular flexibility index (Phi) is 3.90. The second kappa shape index (κ2) is 5.03. The molecule has 4 nitrogen and oxygen atoms in total. The Bertz CT molecular complexity index is 529. The summed E-state index contributed by atoms with van der Waals surface area (Å²) >= 11 is 0. The molecule has 1 N–H and O–H groups in total. The van der Waals surface area contributed by atoms with E-state index in [2.05, 4.69) is 4.74 Å². The summed E-state index contributed by atoms with van der Waals surface area (Å²) in [5.74, 6) is -1.22. The van der Waals surface area contributed by atoms with Crippen molar-refractivity contribution >= 4 is 0 Å². The summed E-state index contributed by atoms with van der Waals surface area (Å²) in [6.07, 6.45) is -9.04. The first-order chi connectivity index (χ1) is 8.24. The lowest BCUT2D eigenvalue weighted by atomic mass is 10.2. The van der Waals surface area contributed by atoms with Crippen molar-refractivity contribution in [2.75, 3.05) is 0 Å². The quantitative estimate of drug-likeness (QED) is 0.855. The number of ether oxygens (including phenoxy) is 1. The number of aromatic nitrogens is 1. The van der Waals surface area contributed by atoms with Gasteiger partial charge >= 0.3 is 6.36 Å². The maximum Gasteiger partial charge on any atom is 0.573 e. The van der Waals surface area contributed by atoms with Crippen LogP contribution in [0.4, 0.5) is 22.0 Å². The third kappa shape index (κ3) is 3.44. The predicted octanol–water partition coefficient (Wildman–Crippen LogP) is 2.28.